The highest BCUT2D eigenvalue weighted by Gasteiger charge is 2.10. The van der Waals surface area contributed by atoms with E-state index in [2.05, 4.69) is 58.4 Å². The van der Waals surface area contributed by atoms with Crippen LogP contribution in [0.5, 0.6) is 0 Å². The first-order valence-electron chi connectivity index (χ1n) is 9.41. The van der Waals surface area contributed by atoms with E-state index in [1.54, 1.807) is 0 Å². The lowest BCUT2D eigenvalue weighted by Crippen LogP contribution is -2.39. The van der Waals surface area contributed by atoms with Crippen LogP contribution < -0.4 is 15.5 Å². The maximum Gasteiger partial charge on any atom is 0.191 e. The van der Waals surface area contributed by atoms with E-state index in [0.29, 0.717) is 12.5 Å². The summed E-state index contributed by atoms with van der Waals surface area (Å²) in [6.07, 6.45) is 7.22. The summed E-state index contributed by atoms with van der Waals surface area (Å²) < 4.78 is 0. The lowest BCUT2D eigenvalue weighted by Gasteiger charge is -2.21. The molecule has 2 N–H and O–H groups in total. The Labute approximate surface area is 147 Å². The fourth-order valence-corrected chi connectivity index (χ4v) is 2.81. The van der Waals surface area contributed by atoms with Crippen molar-refractivity contribution >= 4 is 11.8 Å². The van der Waals surface area contributed by atoms with Crippen LogP contribution in [-0.4, -0.2) is 37.1 Å². The third-order valence-electron chi connectivity index (χ3n) is 4.18. The summed E-state index contributed by atoms with van der Waals surface area (Å²) in [5.41, 5.74) is 1.15. The minimum Gasteiger partial charge on any atom is -0.357 e. The molecular formula is C19H33N5. The summed E-state index contributed by atoms with van der Waals surface area (Å²) in [7, 11) is 0. The highest BCUT2D eigenvalue weighted by molar-refractivity contribution is 5.79. The molecule has 2 rings (SSSR count). The van der Waals surface area contributed by atoms with E-state index in [1.165, 1.54) is 25.7 Å². The molecule has 0 radical (unpaired) electrons. The highest BCUT2D eigenvalue weighted by atomic mass is 15.2. The first-order chi connectivity index (χ1) is 11.7. The molecule has 0 spiro atoms. The summed E-state index contributed by atoms with van der Waals surface area (Å²) in [4.78, 5) is 11.7. The topological polar surface area (TPSA) is 52.6 Å². The average Bonchev–Trinajstić information content (AvgIpc) is 2.87. The molecule has 1 fully saturated rings. The Morgan fingerprint density at radius 1 is 1.17 bits per heavy atom. The molecule has 0 saturated carbocycles. The van der Waals surface area contributed by atoms with Gasteiger partial charge in [-0.05, 0) is 37.3 Å². The maximum absolute atomic E-state index is 4.66. The molecule has 0 bridgehead atoms. The quantitative estimate of drug-likeness (QED) is 0.621. The predicted octanol–water partition coefficient (Wildman–Crippen LogP) is 3.17. The maximum atomic E-state index is 4.66. The van der Waals surface area contributed by atoms with Crippen LogP contribution in [0.1, 0.15) is 52.0 Å². The van der Waals surface area contributed by atoms with Gasteiger partial charge in [-0.25, -0.2) is 9.98 Å². The van der Waals surface area contributed by atoms with Crippen molar-refractivity contribution in [1.82, 2.24) is 15.6 Å². The van der Waals surface area contributed by atoms with Crippen molar-refractivity contribution in [3.05, 3.63) is 23.9 Å². The summed E-state index contributed by atoms with van der Waals surface area (Å²) in [5.74, 6) is 2.58. The van der Waals surface area contributed by atoms with Gasteiger partial charge in [0.2, 0.25) is 0 Å². The number of guanidine groups is 1. The van der Waals surface area contributed by atoms with Gasteiger partial charge >= 0.3 is 0 Å². The van der Waals surface area contributed by atoms with Gasteiger partial charge in [0.1, 0.15) is 5.82 Å². The minimum atomic E-state index is 0.600. The largest absolute Gasteiger partial charge is 0.357 e. The van der Waals surface area contributed by atoms with Crippen LogP contribution >= 0.6 is 0 Å². The predicted molar refractivity (Wildman–Crippen MR) is 103 cm³/mol. The Hall–Kier alpha value is -1.78. The van der Waals surface area contributed by atoms with E-state index in [1.807, 2.05) is 6.20 Å². The van der Waals surface area contributed by atoms with Crippen molar-refractivity contribution in [3.63, 3.8) is 0 Å². The highest BCUT2D eigenvalue weighted by Crippen LogP contribution is 2.17. The zero-order chi connectivity index (χ0) is 17.2. The molecule has 0 aromatic carbocycles. The van der Waals surface area contributed by atoms with Crippen LogP contribution in [-0.2, 0) is 6.54 Å². The van der Waals surface area contributed by atoms with Gasteiger partial charge in [0.05, 0.1) is 6.54 Å². The molecule has 24 heavy (non-hydrogen) atoms. The standard InChI is InChI=1S/C19H33N5/c1-4-20-19(22-13-16(2)3)23-15-17-9-10-18(21-14-17)24-11-7-5-6-8-12-24/h9-10,14,16H,4-8,11-13,15H2,1-3H3,(H2,20,22,23). The van der Waals surface area contributed by atoms with Gasteiger partial charge in [-0.1, -0.05) is 32.8 Å². The van der Waals surface area contributed by atoms with E-state index in [4.69, 9.17) is 0 Å². The van der Waals surface area contributed by atoms with Crippen molar-refractivity contribution in [2.45, 2.75) is 53.0 Å². The Kier molecular flexibility index (Phi) is 7.86. The van der Waals surface area contributed by atoms with Crippen molar-refractivity contribution in [3.8, 4) is 0 Å². The zero-order valence-corrected chi connectivity index (χ0v) is 15.5. The van der Waals surface area contributed by atoms with Crippen molar-refractivity contribution in [1.29, 1.82) is 0 Å². The SMILES string of the molecule is CCNC(=NCc1ccc(N2CCCCCC2)nc1)NCC(C)C. The van der Waals surface area contributed by atoms with E-state index in [9.17, 15) is 0 Å². The van der Waals surface area contributed by atoms with Gasteiger partial charge in [0.15, 0.2) is 5.96 Å². The Morgan fingerprint density at radius 2 is 1.92 bits per heavy atom. The lowest BCUT2D eigenvalue weighted by molar-refractivity contribution is 0.615. The fourth-order valence-electron chi connectivity index (χ4n) is 2.81. The van der Waals surface area contributed by atoms with Gasteiger partial charge in [0.25, 0.3) is 0 Å². The zero-order valence-electron chi connectivity index (χ0n) is 15.5. The Bertz CT molecular complexity index is 487. The molecule has 134 valence electrons. The number of nitrogens with one attached hydrogen (secondary N) is 2. The van der Waals surface area contributed by atoms with Gasteiger partial charge in [-0.15, -0.1) is 0 Å². The van der Waals surface area contributed by atoms with Gasteiger partial charge in [-0.2, -0.15) is 0 Å². The Morgan fingerprint density at radius 3 is 2.50 bits per heavy atom. The molecule has 0 aliphatic carbocycles. The molecule has 1 aliphatic rings. The molecule has 0 amide bonds. The van der Waals surface area contributed by atoms with E-state index in [0.717, 1.165) is 43.5 Å². The third-order valence-corrected chi connectivity index (χ3v) is 4.18. The minimum absolute atomic E-state index is 0.600. The number of hydrogen-bond donors (Lipinski definition) is 2. The first-order valence-corrected chi connectivity index (χ1v) is 9.41. The third kappa shape index (κ3) is 6.38. The van der Waals surface area contributed by atoms with Crippen LogP contribution in [0.25, 0.3) is 0 Å². The molecule has 1 saturated heterocycles. The molecule has 1 aliphatic heterocycles. The molecule has 5 nitrogen and oxygen atoms in total. The summed E-state index contributed by atoms with van der Waals surface area (Å²) in [5, 5.41) is 6.66. The van der Waals surface area contributed by atoms with Crippen LogP contribution in [0.4, 0.5) is 5.82 Å². The molecule has 2 heterocycles. The van der Waals surface area contributed by atoms with Crippen molar-refractivity contribution in [2.24, 2.45) is 10.9 Å². The Balaban J connectivity index is 1.92. The molecule has 5 heteroatoms. The number of aromatic nitrogens is 1. The molecule has 1 aromatic heterocycles. The number of anilines is 1. The van der Waals surface area contributed by atoms with E-state index in [-0.39, 0.29) is 0 Å². The first kappa shape index (κ1) is 18.6. The van der Waals surface area contributed by atoms with E-state index < -0.39 is 0 Å². The second kappa shape index (κ2) is 10.2. The molecule has 0 atom stereocenters. The van der Waals surface area contributed by atoms with Crippen LogP contribution in [0.3, 0.4) is 0 Å². The van der Waals surface area contributed by atoms with Gasteiger partial charge in [0, 0.05) is 32.4 Å². The summed E-state index contributed by atoms with van der Waals surface area (Å²) in [6.45, 7) is 11.2. The van der Waals surface area contributed by atoms with Gasteiger partial charge < -0.3 is 15.5 Å². The van der Waals surface area contributed by atoms with Crippen LogP contribution in [0.15, 0.2) is 23.3 Å². The molecular weight excluding hydrogens is 298 g/mol. The normalized spacial score (nSPS) is 16.2. The fraction of sp³-hybridized carbons (Fsp3) is 0.684. The summed E-state index contributed by atoms with van der Waals surface area (Å²) >= 11 is 0. The number of nitrogens with zero attached hydrogens (tertiary/aromatic N) is 3. The van der Waals surface area contributed by atoms with Crippen molar-refractivity contribution < 1.29 is 0 Å². The number of hydrogen-bond acceptors (Lipinski definition) is 3. The number of pyridine rings is 1. The van der Waals surface area contributed by atoms with Crippen LogP contribution in [0, 0.1) is 5.92 Å². The summed E-state index contributed by atoms with van der Waals surface area (Å²) in [6, 6.07) is 4.30. The van der Waals surface area contributed by atoms with Gasteiger partial charge in [-0.3, -0.25) is 0 Å². The second-order valence-electron chi connectivity index (χ2n) is 6.90. The number of rotatable bonds is 6. The van der Waals surface area contributed by atoms with E-state index >= 15 is 0 Å². The monoisotopic (exact) mass is 331 g/mol. The molecule has 1 aromatic rings. The second-order valence-corrected chi connectivity index (χ2v) is 6.90. The smallest absolute Gasteiger partial charge is 0.191 e. The average molecular weight is 332 g/mol. The lowest BCUT2D eigenvalue weighted by atomic mass is 10.2. The number of aliphatic imine (C=N–C) groups is 1. The van der Waals surface area contributed by atoms with Crippen LogP contribution in [0.2, 0.25) is 0 Å². The van der Waals surface area contributed by atoms with Crippen molar-refractivity contribution in [2.75, 3.05) is 31.1 Å². The molecule has 0 unspecified atom stereocenters.